The summed E-state index contributed by atoms with van der Waals surface area (Å²) in [6.45, 7) is 3.77. The molecule has 0 amide bonds. The van der Waals surface area contributed by atoms with Gasteiger partial charge in [-0.15, -0.1) is 0 Å². The number of hydrogen-bond acceptors (Lipinski definition) is 6. The van der Waals surface area contributed by atoms with Gasteiger partial charge in [0.15, 0.2) is 4.80 Å². The van der Waals surface area contributed by atoms with Crippen LogP contribution in [0.15, 0.2) is 87.8 Å². The van der Waals surface area contributed by atoms with E-state index in [2.05, 4.69) is 4.99 Å². The number of carbonyl (C=O) groups is 1. The Hall–Kier alpha value is -3.97. The van der Waals surface area contributed by atoms with Gasteiger partial charge in [0.1, 0.15) is 5.75 Å². The van der Waals surface area contributed by atoms with E-state index in [-0.39, 0.29) is 12.2 Å². The summed E-state index contributed by atoms with van der Waals surface area (Å²) in [6, 6.07) is 20.8. The van der Waals surface area contributed by atoms with Crippen molar-refractivity contribution in [2.45, 2.75) is 19.9 Å². The largest absolute Gasteiger partial charge is 0.497 e. The molecule has 0 unspecified atom stereocenters. The lowest BCUT2D eigenvalue weighted by atomic mass is 9.96. The van der Waals surface area contributed by atoms with Crippen molar-refractivity contribution in [3.8, 4) is 5.75 Å². The molecule has 3 aromatic carbocycles. The average molecular weight is 485 g/mol. The summed E-state index contributed by atoms with van der Waals surface area (Å²) in [5, 5.41) is 2.17. The van der Waals surface area contributed by atoms with Crippen LogP contribution in [0.3, 0.4) is 0 Å². The minimum atomic E-state index is -0.647. The van der Waals surface area contributed by atoms with Crippen LogP contribution >= 0.6 is 11.3 Å². The van der Waals surface area contributed by atoms with Gasteiger partial charge in [-0.25, -0.2) is 9.79 Å². The monoisotopic (exact) mass is 484 g/mol. The highest BCUT2D eigenvalue weighted by Gasteiger charge is 2.33. The number of aromatic nitrogens is 1. The van der Waals surface area contributed by atoms with E-state index in [0.29, 0.717) is 26.4 Å². The van der Waals surface area contributed by atoms with Crippen LogP contribution in [0.25, 0.3) is 16.8 Å². The number of nitrogens with zero attached hydrogens (tertiary/aromatic N) is 2. The fraction of sp³-hybridized carbons (Fsp3) is 0.179. The molecular formula is C28H24N2O4S. The lowest BCUT2D eigenvalue weighted by molar-refractivity contribution is -0.139. The molecule has 1 aliphatic heterocycles. The average Bonchev–Trinajstić information content (AvgIpc) is 3.18. The van der Waals surface area contributed by atoms with Crippen LogP contribution in [0.2, 0.25) is 0 Å². The van der Waals surface area contributed by atoms with Crippen LogP contribution in [-0.4, -0.2) is 24.3 Å². The van der Waals surface area contributed by atoms with Gasteiger partial charge in [0.25, 0.3) is 5.56 Å². The quantitative estimate of drug-likeness (QED) is 0.402. The van der Waals surface area contributed by atoms with Crippen molar-refractivity contribution in [2.24, 2.45) is 4.99 Å². The van der Waals surface area contributed by atoms with Gasteiger partial charge in [-0.05, 0) is 54.0 Å². The third-order valence-electron chi connectivity index (χ3n) is 6.06. The van der Waals surface area contributed by atoms with Crippen molar-refractivity contribution < 1.29 is 14.3 Å². The summed E-state index contributed by atoms with van der Waals surface area (Å²) in [7, 11) is 1.60. The molecule has 176 valence electrons. The second-order valence-corrected chi connectivity index (χ2v) is 9.15. The minimum absolute atomic E-state index is 0.197. The fourth-order valence-corrected chi connectivity index (χ4v) is 5.45. The van der Waals surface area contributed by atoms with Crippen LogP contribution in [0.5, 0.6) is 5.75 Å². The third kappa shape index (κ3) is 4.08. The van der Waals surface area contributed by atoms with Crippen molar-refractivity contribution in [1.82, 2.24) is 4.57 Å². The molecule has 2 heterocycles. The smallest absolute Gasteiger partial charge is 0.338 e. The predicted octanol–water partition coefficient (Wildman–Crippen LogP) is 3.96. The van der Waals surface area contributed by atoms with Crippen molar-refractivity contribution in [3.63, 3.8) is 0 Å². The van der Waals surface area contributed by atoms with E-state index >= 15 is 0 Å². The Balaban J connectivity index is 1.74. The van der Waals surface area contributed by atoms with Gasteiger partial charge >= 0.3 is 5.97 Å². The minimum Gasteiger partial charge on any atom is -0.497 e. The first-order chi connectivity index (χ1) is 17.0. The topological polar surface area (TPSA) is 69.9 Å². The number of allylic oxidation sites excluding steroid dienone is 1. The summed E-state index contributed by atoms with van der Waals surface area (Å²) in [6.07, 6.45) is 1.90. The molecule has 0 N–H and O–H groups in total. The summed E-state index contributed by atoms with van der Waals surface area (Å²) >= 11 is 1.32. The highest BCUT2D eigenvalue weighted by Crippen LogP contribution is 2.31. The van der Waals surface area contributed by atoms with E-state index in [4.69, 9.17) is 9.47 Å². The lowest BCUT2D eigenvalue weighted by Crippen LogP contribution is -2.39. The number of hydrogen-bond donors (Lipinski definition) is 0. The van der Waals surface area contributed by atoms with Crippen LogP contribution in [0, 0.1) is 0 Å². The van der Waals surface area contributed by atoms with E-state index in [1.165, 1.54) is 11.3 Å². The van der Waals surface area contributed by atoms with E-state index in [1.807, 2.05) is 72.8 Å². The maximum atomic E-state index is 13.8. The Morgan fingerprint density at radius 2 is 1.83 bits per heavy atom. The number of ether oxygens (including phenoxy) is 2. The SMILES string of the molecule is CCOC(=O)C1=C(C)N=c2s/c(=C/c3cccc4ccccc34)c(=O)n2[C@H]1c1ccc(OC)cc1. The summed E-state index contributed by atoms with van der Waals surface area (Å²) in [5.74, 6) is 0.216. The van der Waals surface area contributed by atoms with Crippen LogP contribution < -0.4 is 19.6 Å². The highest BCUT2D eigenvalue weighted by atomic mass is 32.1. The van der Waals surface area contributed by atoms with Crippen molar-refractivity contribution in [2.75, 3.05) is 13.7 Å². The van der Waals surface area contributed by atoms with Gasteiger partial charge in [0, 0.05) is 0 Å². The Bertz CT molecular complexity index is 1640. The van der Waals surface area contributed by atoms with Gasteiger partial charge < -0.3 is 9.47 Å². The van der Waals surface area contributed by atoms with Gasteiger partial charge in [-0.1, -0.05) is 65.9 Å². The number of benzene rings is 3. The number of methoxy groups -OCH3 is 1. The predicted molar refractivity (Wildman–Crippen MR) is 137 cm³/mol. The molecule has 1 aromatic heterocycles. The number of carbonyl (C=O) groups excluding carboxylic acids is 1. The van der Waals surface area contributed by atoms with E-state index in [1.54, 1.807) is 25.5 Å². The Labute approximate surface area is 206 Å². The molecule has 5 rings (SSSR count). The molecule has 0 saturated carbocycles. The third-order valence-corrected chi connectivity index (χ3v) is 7.04. The highest BCUT2D eigenvalue weighted by molar-refractivity contribution is 7.07. The van der Waals surface area contributed by atoms with Gasteiger partial charge in [0.2, 0.25) is 0 Å². The molecular weight excluding hydrogens is 460 g/mol. The molecule has 0 spiro atoms. The molecule has 4 aromatic rings. The summed E-state index contributed by atoms with van der Waals surface area (Å²) < 4.78 is 12.8. The number of esters is 1. The Morgan fingerprint density at radius 3 is 2.57 bits per heavy atom. The first-order valence-electron chi connectivity index (χ1n) is 11.3. The molecule has 0 saturated heterocycles. The van der Waals surface area contributed by atoms with E-state index < -0.39 is 12.0 Å². The van der Waals surface area contributed by atoms with E-state index in [9.17, 15) is 9.59 Å². The fourth-order valence-electron chi connectivity index (χ4n) is 4.41. The first kappa shape index (κ1) is 22.8. The number of rotatable bonds is 5. The van der Waals surface area contributed by atoms with Gasteiger partial charge in [0.05, 0.1) is 35.6 Å². The maximum absolute atomic E-state index is 13.8. The lowest BCUT2D eigenvalue weighted by Gasteiger charge is -2.24. The molecule has 6 nitrogen and oxygen atoms in total. The zero-order chi connectivity index (χ0) is 24.5. The first-order valence-corrected chi connectivity index (χ1v) is 12.1. The van der Waals surface area contributed by atoms with Gasteiger partial charge in [-0.2, -0.15) is 0 Å². The second kappa shape index (κ2) is 9.35. The second-order valence-electron chi connectivity index (χ2n) is 8.14. The number of thiazole rings is 1. The normalized spacial score (nSPS) is 15.6. The zero-order valence-electron chi connectivity index (χ0n) is 19.6. The van der Waals surface area contributed by atoms with Gasteiger partial charge in [-0.3, -0.25) is 9.36 Å². The molecule has 1 aliphatic rings. The van der Waals surface area contributed by atoms with Crippen molar-refractivity contribution in [1.29, 1.82) is 0 Å². The summed E-state index contributed by atoms with van der Waals surface area (Å²) in [4.78, 5) is 32.0. The molecule has 7 heteroatoms. The molecule has 0 aliphatic carbocycles. The number of fused-ring (bicyclic) bond motifs is 2. The molecule has 0 radical (unpaired) electrons. The maximum Gasteiger partial charge on any atom is 0.338 e. The zero-order valence-corrected chi connectivity index (χ0v) is 20.5. The van der Waals surface area contributed by atoms with Crippen molar-refractivity contribution >= 4 is 34.2 Å². The molecule has 35 heavy (non-hydrogen) atoms. The Morgan fingerprint density at radius 1 is 1.09 bits per heavy atom. The summed E-state index contributed by atoms with van der Waals surface area (Å²) in [5.41, 5.74) is 2.44. The molecule has 0 fully saturated rings. The molecule has 1 atom stereocenters. The Kier molecular flexibility index (Phi) is 6.09. The van der Waals surface area contributed by atoms with Crippen LogP contribution in [0.1, 0.15) is 31.0 Å². The van der Waals surface area contributed by atoms with Crippen LogP contribution in [-0.2, 0) is 9.53 Å². The van der Waals surface area contributed by atoms with E-state index in [0.717, 1.165) is 21.9 Å². The van der Waals surface area contributed by atoms with Crippen molar-refractivity contribution in [3.05, 3.63) is 109 Å². The standard InChI is InChI=1S/C28H24N2O4S/c1-4-34-27(32)24-17(2)29-28-30(25(24)19-12-14-21(33-3)15-13-19)26(31)23(35-28)16-20-10-7-9-18-8-5-6-11-22(18)20/h5-16,25H,4H2,1-3H3/b23-16+/t25-/m0/s1. The molecule has 0 bridgehead atoms. The van der Waals surface area contributed by atoms with Crippen LogP contribution in [0.4, 0.5) is 0 Å².